The zero-order valence-electron chi connectivity index (χ0n) is 10.8. The van der Waals surface area contributed by atoms with Gasteiger partial charge in [0.15, 0.2) is 6.61 Å². The second-order valence-electron chi connectivity index (χ2n) is 4.55. The summed E-state index contributed by atoms with van der Waals surface area (Å²) in [5.41, 5.74) is 0. The number of urea groups is 1. The lowest BCUT2D eigenvalue weighted by Gasteiger charge is -2.40. The first-order valence-electron chi connectivity index (χ1n) is 6.10. The number of likely N-dealkylation sites (tertiary alicyclic amines) is 1. The van der Waals surface area contributed by atoms with Crippen LogP contribution in [0.3, 0.4) is 0 Å². The molecule has 2 aliphatic heterocycles. The van der Waals surface area contributed by atoms with Gasteiger partial charge in [0, 0.05) is 39.2 Å². The van der Waals surface area contributed by atoms with Crippen LogP contribution in [-0.2, 0) is 14.3 Å². The lowest BCUT2D eigenvalue weighted by atomic mass is 10.0. The highest BCUT2D eigenvalue weighted by molar-refractivity contribution is 5.97. The lowest BCUT2D eigenvalue weighted by Crippen LogP contribution is -2.57. The molecule has 0 aromatic heterocycles. The Morgan fingerprint density at radius 1 is 1.47 bits per heavy atom. The fourth-order valence-electron chi connectivity index (χ4n) is 2.04. The quantitative estimate of drug-likeness (QED) is 0.665. The molecule has 2 saturated heterocycles. The Morgan fingerprint density at radius 2 is 2.21 bits per heavy atom. The SMILES string of the molecule is COCCNC(=O)N1CC(CN2C(=O)COC2=O)C1. The standard InChI is InChI=1S/C11H17N3O5/c1-18-3-2-12-10(16)13-4-8(5-13)6-14-9(15)7-19-11(14)17/h8H,2-7H2,1H3,(H,12,16). The van der Waals surface area contributed by atoms with Gasteiger partial charge >= 0.3 is 12.1 Å². The van der Waals surface area contributed by atoms with Crippen LogP contribution in [0.5, 0.6) is 0 Å². The number of amides is 4. The molecule has 0 aliphatic carbocycles. The Balaban J connectivity index is 1.67. The summed E-state index contributed by atoms with van der Waals surface area (Å²) >= 11 is 0. The van der Waals surface area contributed by atoms with E-state index in [0.29, 0.717) is 32.8 Å². The highest BCUT2D eigenvalue weighted by Crippen LogP contribution is 2.19. The van der Waals surface area contributed by atoms with Crippen LogP contribution >= 0.6 is 0 Å². The second kappa shape index (κ2) is 5.87. The topological polar surface area (TPSA) is 88.2 Å². The molecule has 2 aliphatic rings. The summed E-state index contributed by atoms with van der Waals surface area (Å²) < 4.78 is 9.45. The van der Waals surface area contributed by atoms with Gasteiger partial charge in [0.25, 0.3) is 5.91 Å². The number of methoxy groups -OCH3 is 1. The fraction of sp³-hybridized carbons (Fsp3) is 0.727. The number of cyclic esters (lactones) is 1. The number of carbonyl (C=O) groups is 3. The van der Waals surface area contributed by atoms with E-state index in [0.717, 1.165) is 4.90 Å². The van der Waals surface area contributed by atoms with Gasteiger partial charge in [-0.05, 0) is 0 Å². The summed E-state index contributed by atoms with van der Waals surface area (Å²) in [6.45, 7) is 2.16. The van der Waals surface area contributed by atoms with Crippen LogP contribution < -0.4 is 5.32 Å². The van der Waals surface area contributed by atoms with Crippen molar-refractivity contribution >= 4 is 18.0 Å². The first-order valence-corrected chi connectivity index (χ1v) is 6.10. The smallest absolute Gasteiger partial charge is 0.417 e. The maximum Gasteiger partial charge on any atom is 0.417 e. The number of imide groups is 1. The molecule has 0 spiro atoms. The van der Waals surface area contributed by atoms with E-state index in [2.05, 4.69) is 10.1 Å². The van der Waals surface area contributed by atoms with Gasteiger partial charge in [-0.2, -0.15) is 0 Å². The molecule has 8 heteroatoms. The van der Waals surface area contributed by atoms with Gasteiger partial charge in [0.1, 0.15) is 0 Å². The summed E-state index contributed by atoms with van der Waals surface area (Å²) in [5, 5.41) is 2.71. The Labute approximate surface area is 110 Å². The van der Waals surface area contributed by atoms with E-state index in [4.69, 9.17) is 4.74 Å². The predicted molar refractivity (Wildman–Crippen MR) is 63.4 cm³/mol. The van der Waals surface area contributed by atoms with Gasteiger partial charge in [-0.15, -0.1) is 0 Å². The van der Waals surface area contributed by atoms with Crippen molar-refractivity contribution in [2.45, 2.75) is 0 Å². The van der Waals surface area contributed by atoms with Crippen LogP contribution in [0.25, 0.3) is 0 Å². The Morgan fingerprint density at radius 3 is 2.79 bits per heavy atom. The molecule has 0 radical (unpaired) electrons. The first kappa shape index (κ1) is 13.6. The third kappa shape index (κ3) is 3.14. The highest BCUT2D eigenvalue weighted by Gasteiger charge is 2.38. The van der Waals surface area contributed by atoms with Crippen molar-refractivity contribution in [1.82, 2.24) is 15.1 Å². The van der Waals surface area contributed by atoms with Crippen molar-refractivity contribution in [1.29, 1.82) is 0 Å². The van der Waals surface area contributed by atoms with E-state index >= 15 is 0 Å². The van der Waals surface area contributed by atoms with Crippen molar-refractivity contribution in [3.63, 3.8) is 0 Å². The maximum absolute atomic E-state index is 11.6. The monoisotopic (exact) mass is 271 g/mol. The van der Waals surface area contributed by atoms with Crippen LogP contribution in [0, 0.1) is 5.92 Å². The van der Waals surface area contributed by atoms with E-state index < -0.39 is 6.09 Å². The number of carbonyl (C=O) groups excluding carboxylic acids is 3. The molecule has 0 unspecified atom stereocenters. The van der Waals surface area contributed by atoms with E-state index in [-0.39, 0.29) is 24.5 Å². The third-order valence-electron chi connectivity index (χ3n) is 3.11. The minimum atomic E-state index is -0.590. The zero-order chi connectivity index (χ0) is 13.8. The Hall–Kier alpha value is -1.83. The van der Waals surface area contributed by atoms with E-state index in [9.17, 15) is 14.4 Å². The molecule has 8 nitrogen and oxygen atoms in total. The number of hydrogen-bond donors (Lipinski definition) is 1. The van der Waals surface area contributed by atoms with Gasteiger partial charge in [-0.3, -0.25) is 4.79 Å². The van der Waals surface area contributed by atoms with Gasteiger partial charge in [-0.25, -0.2) is 14.5 Å². The molecule has 0 atom stereocenters. The minimum absolute atomic E-state index is 0.128. The summed E-state index contributed by atoms with van der Waals surface area (Å²) in [5.74, 6) is -0.184. The summed E-state index contributed by atoms with van der Waals surface area (Å²) in [4.78, 5) is 36.9. The normalized spacial score (nSPS) is 19.4. The number of rotatable bonds is 5. The number of nitrogens with zero attached hydrogens (tertiary/aromatic N) is 2. The molecule has 1 N–H and O–H groups in total. The molecule has 2 rings (SSSR count). The second-order valence-corrected chi connectivity index (χ2v) is 4.55. The summed E-state index contributed by atoms with van der Waals surface area (Å²) in [6.07, 6.45) is -0.590. The largest absolute Gasteiger partial charge is 0.439 e. The van der Waals surface area contributed by atoms with E-state index in [1.807, 2.05) is 0 Å². The molecule has 2 fully saturated rings. The average molecular weight is 271 g/mol. The first-order chi connectivity index (χ1) is 9.11. The van der Waals surface area contributed by atoms with Crippen molar-refractivity contribution in [2.75, 3.05) is 46.5 Å². The Bertz CT molecular complexity index is 365. The molecule has 4 amide bonds. The van der Waals surface area contributed by atoms with Crippen LogP contribution in [-0.4, -0.2) is 74.3 Å². The van der Waals surface area contributed by atoms with Crippen LogP contribution in [0.4, 0.5) is 9.59 Å². The molecule has 0 saturated carbocycles. The molecule has 19 heavy (non-hydrogen) atoms. The zero-order valence-corrected chi connectivity index (χ0v) is 10.8. The molecule has 2 heterocycles. The van der Waals surface area contributed by atoms with Gasteiger partial charge in [-0.1, -0.05) is 0 Å². The average Bonchev–Trinajstić information content (AvgIpc) is 2.64. The molecular formula is C11H17N3O5. The molecule has 0 aromatic rings. The predicted octanol–water partition coefficient (Wildman–Crippen LogP) is -0.747. The van der Waals surface area contributed by atoms with Crippen LogP contribution in [0.15, 0.2) is 0 Å². The van der Waals surface area contributed by atoms with Gasteiger partial charge in [0.2, 0.25) is 0 Å². The number of ether oxygens (including phenoxy) is 2. The number of nitrogens with one attached hydrogen (secondary N) is 1. The fourth-order valence-corrected chi connectivity index (χ4v) is 2.04. The van der Waals surface area contributed by atoms with Crippen molar-refractivity contribution in [3.05, 3.63) is 0 Å². The molecular weight excluding hydrogens is 254 g/mol. The molecule has 0 bridgehead atoms. The number of hydrogen-bond acceptors (Lipinski definition) is 5. The molecule has 0 aromatic carbocycles. The van der Waals surface area contributed by atoms with Crippen LogP contribution in [0.1, 0.15) is 0 Å². The third-order valence-corrected chi connectivity index (χ3v) is 3.11. The summed E-state index contributed by atoms with van der Waals surface area (Å²) in [7, 11) is 1.57. The Kier molecular flexibility index (Phi) is 4.20. The van der Waals surface area contributed by atoms with Crippen molar-refractivity contribution < 1.29 is 23.9 Å². The molecule has 106 valence electrons. The van der Waals surface area contributed by atoms with Crippen LogP contribution in [0.2, 0.25) is 0 Å². The highest BCUT2D eigenvalue weighted by atomic mass is 16.6. The van der Waals surface area contributed by atoms with Crippen molar-refractivity contribution in [3.8, 4) is 0 Å². The summed E-state index contributed by atoms with van der Waals surface area (Å²) in [6, 6.07) is -0.149. The van der Waals surface area contributed by atoms with Gasteiger partial charge in [0.05, 0.1) is 6.61 Å². The van der Waals surface area contributed by atoms with E-state index in [1.165, 1.54) is 0 Å². The van der Waals surface area contributed by atoms with Crippen molar-refractivity contribution in [2.24, 2.45) is 5.92 Å². The minimum Gasteiger partial charge on any atom is -0.439 e. The maximum atomic E-state index is 11.6. The lowest BCUT2D eigenvalue weighted by molar-refractivity contribution is -0.126. The van der Waals surface area contributed by atoms with Gasteiger partial charge < -0.3 is 19.7 Å². The van der Waals surface area contributed by atoms with E-state index in [1.54, 1.807) is 12.0 Å².